The largest absolute Gasteiger partial charge is 0.489 e. The van der Waals surface area contributed by atoms with Gasteiger partial charge in [-0.2, -0.15) is 0 Å². The number of carbonyl (C=O) groups is 1. The molecule has 42 heavy (non-hydrogen) atoms. The van der Waals surface area contributed by atoms with E-state index in [9.17, 15) is 9.18 Å². The summed E-state index contributed by atoms with van der Waals surface area (Å²) >= 11 is 3.47. The number of nitrogens with zero attached hydrogens (tertiary/aromatic N) is 2. The lowest BCUT2D eigenvalue weighted by Gasteiger charge is -2.15. The van der Waals surface area contributed by atoms with Gasteiger partial charge in [0, 0.05) is 21.6 Å². The molecule has 0 fully saturated rings. The molecule has 2 N–H and O–H groups in total. The Bertz CT molecular complexity index is 1250. The van der Waals surface area contributed by atoms with Gasteiger partial charge in [0.05, 0.1) is 77.3 Å². The minimum absolute atomic E-state index is 0.0956. The Morgan fingerprint density at radius 1 is 0.857 bits per heavy atom. The Hall–Kier alpha value is -3.20. The zero-order valence-corrected chi connectivity index (χ0v) is 24.9. The summed E-state index contributed by atoms with van der Waals surface area (Å²) in [5, 5.41) is 6.78. The third kappa shape index (κ3) is 12.3. The number of carbonyl (C=O) groups excluding carboxylic acids is 1. The van der Waals surface area contributed by atoms with Crippen molar-refractivity contribution in [1.82, 2.24) is 9.97 Å². The third-order valence-corrected chi connectivity index (χ3v) is 5.96. The van der Waals surface area contributed by atoms with E-state index in [2.05, 4.69) is 43.1 Å². The van der Waals surface area contributed by atoms with Crippen molar-refractivity contribution in [3.63, 3.8) is 0 Å². The molecule has 0 aliphatic heterocycles. The molecule has 2 aromatic carbocycles. The zero-order chi connectivity index (χ0) is 29.8. The van der Waals surface area contributed by atoms with Crippen molar-refractivity contribution < 1.29 is 37.6 Å². The molecule has 1 amide bonds. The molecular formula is C29H36BrFN4O7. The van der Waals surface area contributed by atoms with Crippen LogP contribution in [0.1, 0.15) is 0 Å². The number of hydrogen-bond donors (Lipinski definition) is 2. The lowest BCUT2D eigenvalue weighted by atomic mass is 10.1. The number of rotatable bonds is 22. The van der Waals surface area contributed by atoms with Gasteiger partial charge in [0.15, 0.2) is 0 Å². The van der Waals surface area contributed by atoms with Gasteiger partial charge in [-0.3, -0.25) is 4.79 Å². The van der Waals surface area contributed by atoms with Gasteiger partial charge in [0.25, 0.3) is 0 Å². The van der Waals surface area contributed by atoms with Crippen molar-refractivity contribution in [3.8, 4) is 5.75 Å². The number of amides is 1. The summed E-state index contributed by atoms with van der Waals surface area (Å²) in [4.78, 5) is 20.9. The van der Waals surface area contributed by atoms with Crippen LogP contribution >= 0.6 is 15.9 Å². The van der Waals surface area contributed by atoms with Crippen LogP contribution < -0.4 is 15.4 Å². The van der Waals surface area contributed by atoms with Crippen molar-refractivity contribution in [3.05, 3.63) is 59.9 Å². The Morgan fingerprint density at radius 2 is 1.48 bits per heavy atom. The van der Waals surface area contributed by atoms with Crippen LogP contribution in [-0.4, -0.2) is 95.2 Å². The summed E-state index contributed by atoms with van der Waals surface area (Å²) in [5.74, 6) is 0.651. The van der Waals surface area contributed by atoms with Crippen molar-refractivity contribution in [2.45, 2.75) is 0 Å². The predicted octanol–water partition coefficient (Wildman–Crippen LogP) is 4.69. The van der Waals surface area contributed by atoms with E-state index in [1.165, 1.54) is 12.4 Å². The second-order valence-electron chi connectivity index (χ2n) is 8.52. The number of fused-ring (bicyclic) bond motifs is 1. The highest BCUT2D eigenvalue weighted by Crippen LogP contribution is 2.33. The molecule has 13 heteroatoms. The summed E-state index contributed by atoms with van der Waals surface area (Å²) in [6, 6.07) is 11.2. The highest BCUT2D eigenvalue weighted by molar-refractivity contribution is 9.10. The summed E-state index contributed by atoms with van der Waals surface area (Å²) in [6.07, 6.45) is 2.65. The molecule has 1 heterocycles. The van der Waals surface area contributed by atoms with Crippen LogP contribution in [0.25, 0.3) is 10.9 Å². The highest BCUT2D eigenvalue weighted by atomic mass is 79.9. The van der Waals surface area contributed by atoms with Crippen molar-refractivity contribution in [2.75, 3.05) is 90.0 Å². The van der Waals surface area contributed by atoms with Gasteiger partial charge in [-0.25, -0.2) is 14.4 Å². The van der Waals surface area contributed by atoms with E-state index >= 15 is 0 Å². The number of halogens is 2. The second-order valence-corrected chi connectivity index (χ2v) is 9.43. The highest BCUT2D eigenvalue weighted by Gasteiger charge is 2.13. The molecular weight excluding hydrogens is 615 g/mol. The average Bonchev–Trinajstić information content (AvgIpc) is 2.99. The standard InChI is InChI=1S/C29H36BrFN4O7/c1-2-28(36)35-26-19-24-25(32-21-33-29(24)34-23-5-3-4-22(30)18-23)20-27(26)42-17-16-41-15-14-40-13-12-39-11-10-38-9-8-37-7-6-31/h2-5,18-21H,1,6-17H2,(H,35,36)(H,32,33,34). The fourth-order valence-electron chi connectivity index (χ4n) is 3.53. The van der Waals surface area contributed by atoms with Gasteiger partial charge >= 0.3 is 0 Å². The normalized spacial score (nSPS) is 11.0. The summed E-state index contributed by atoms with van der Waals surface area (Å²) in [7, 11) is 0. The van der Waals surface area contributed by atoms with Gasteiger partial charge in [-0.1, -0.05) is 28.6 Å². The van der Waals surface area contributed by atoms with Gasteiger partial charge in [-0.05, 0) is 30.3 Å². The molecule has 3 rings (SSSR count). The zero-order valence-electron chi connectivity index (χ0n) is 23.3. The molecule has 0 aliphatic carbocycles. The second kappa shape index (κ2) is 19.8. The van der Waals surface area contributed by atoms with Crippen LogP contribution in [0.5, 0.6) is 5.75 Å². The molecule has 0 saturated carbocycles. The van der Waals surface area contributed by atoms with Crippen molar-refractivity contribution >= 4 is 49.9 Å². The van der Waals surface area contributed by atoms with Crippen LogP contribution in [0.3, 0.4) is 0 Å². The predicted molar refractivity (Wildman–Crippen MR) is 161 cm³/mol. The van der Waals surface area contributed by atoms with E-state index in [-0.39, 0.29) is 19.1 Å². The Balaban J connectivity index is 1.39. The van der Waals surface area contributed by atoms with Crippen LogP contribution in [0.15, 0.2) is 59.9 Å². The van der Waals surface area contributed by atoms with E-state index in [4.69, 9.17) is 28.4 Å². The summed E-state index contributed by atoms with van der Waals surface area (Å²) < 4.78 is 45.5. The van der Waals surface area contributed by atoms with E-state index in [0.29, 0.717) is 87.6 Å². The van der Waals surface area contributed by atoms with Gasteiger partial charge in [0.1, 0.15) is 31.2 Å². The number of anilines is 3. The molecule has 11 nitrogen and oxygen atoms in total. The molecule has 3 aromatic rings. The van der Waals surface area contributed by atoms with Crippen LogP contribution in [0.4, 0.5) is 21.6 Å². The number of nitrogens with one attached hydrogen (secondary N) is 2. The Labute approximate surface area is 252 Å². The maximum Gasteiger partial charge on any atom is 0.247 e. The van der Waals surface area contributed by atoms with Gasteiger partial charge in [0.2, 0.25) is 5.91 Å². The smallest absolute Gasteiger partial charge is 0.247 e. The third-order valence-electron chi connectivity index (χ3n) is 5.46. The number of aromatic nitrogens is 2. The molecule has 0 atom stereocenters. The minimum atomic E-state index is -0.491. The van der Waals surface area contributed by atoms with E-state index in [0.717, 1.165) is 10.2 Å². The first-order valence-corrected chi connectivity index (χ1v) is 14.2. The van der Waals surface area contributed by atoms with E-state index in [1.807, 2.05) is 24.3 Å². The maximum atomic E-state index is 12.1. The molecule has 0 bridgehead atoms. The molecule has 0 saturated heterocycles. The molecule has 0 aliphatic rings. The lowest BCUT2D eigenvalue weighted by Crippen LogP contribution is -2.15. The van der Waals surface area contributed by atoms with Crippen LogP contribution in [-0.2, 0) is 28.5 Å². The number of ether oxygens (including phenoxy) is 6. The SMILES string of the molecule is C=CC(=O)Nc1cc2c(Nc3cccc(Br)c3)ncnc2cc1OCCOCCOCCOCCOCCOCCF. The molecule has 0 spiro atoms. The van der Waals surface area contributed by atoms with Crippen LogP contribution in [0, 0.1) is 0 Å². The number of hydrogen-bond acceptors (Lipinski definition) is 10. The van der Waals surface area contributed by atoms with Crippen molar-refractivity contribution in [2.24, 2.45) is 0 Å². The van der Waals surface area contributed by atoms with E-state index in [1.54, 1.807) is 12.1 Å². The quantitative estimate of drug-likeness (QED) is 0.117. The monoisotopic (exact) mass is 650 g/mol. The Kier molecular flexibility index (Phi) is 15.7. The average molecular weight is 652 g/mol. The summed E-state index contributed by atoms with van der Waals surface area (Å²) in [5.41, 5.74) is 1.94. The fraction of sp³-hybridized carbons (Fsp3) is 0.414. The first kappa shape index (κ1) is 33.3. The van der Waals surface area contributed by atoms with Gasteiger partial charge < -0.3 is 39.1 Å². The lowest BCUT2D eigenvalue weighted by molar-refractivity contribution is -0.111. The molecule has 1 aromatic heterocycles. The van der Waals surface area contributed by atoms with Gasteiger partial charge in [-0.15, -0.1) is 0 Å². The molecule has 0 unspecified atom stereocenters. The topological polar surface area (TPSA) is 122 Å². The molecule has 0 radical (unpaired) electrons. The van der Waals surface area contributed by atoms with Crippen molar-refractivity contribution in [1.29, 1.82) is 0 Å². The fourth-order valence-corrected chi connectivity index (χ4v) is 3.93. The Morgan fingerprint density at radius 3 is 2.07 bits per heavy atom. The molecule has 228 valence electrons. The number of benzene rings is 2. The maximum absolute atomic E-state index is 12.1. The minimum Gasteiger partial charge on any atom is -0.489 e. The van der Waals surface area contributed by atoms with Crippen LogP contribution in [0.2, 0.25) is 0 Å². The first-order chi connectivity index (χ1) is 20.6. The summed E-state index contributed by atoms with van der Waals surface area (Å²) in [6.45, 7) is 7.03. The first-order valence-electron chi connectivity index (χ1n) is 13.4. The van der Waals surface area contributed by atoms with E-state index < -0.39 is 6.67 Å². The number of alkyl halides is 1.